The summed E-state index contributed by atoms with van der Waals surface area (Å²) in [5.41, 5.74) is -0.741. The Morgan fingerprint density at radius 2 is 1.90 bits per heavy atom. The summed E-state index contributed by atoms with van der Waals surface area (Å²) in [6.07, 6.45) is 10.4. The molecule has 4 aliphatic rings. The molecule has 0 spiro atoms. The number of phenols is 1. The molecule has 13 nitrogen and oxygen atoms in total. The molecule has 0 aliphatic carbocycles. The van der Waals surface area contributed by atoms with Crippen molar-refractivity contribution in [1.29, 1.82) is 0 Å². The van der Waals surface area contributed by atoms with Crippen LogP contribution in [0.2, 0.25) is 0 Å². The maximum atomic E-state index is 17.1. The number of rotatable bonds is 8. The lowest BCUT2D eigenvalue weighted by Gasteiger charge is -2.41. The fourth-order valence-corrected chi connectivity index (χ4v) is 9.22. The van der Waals surface area contributed by atoms with Gasteiger partial charge in [0.25, 0.3) is 0 Å². The second-order valence-corrected chi connectivity index (χ2v) is 15.3. The number of aromatic hydroxyl groups is 1. The number of amides is 1. The third kappa shape index (κ3) is 6.52. The van der Waals surface area contributed by atoms with Crippen molar-refractivity contribution < 1.29 is 42.1 Å². The molecule has 298 valence electrons. The molecule has 4 fully saturated rings. The molecule has 3 aromatic heterocycles. The van der Waals surface area contributed by atoms with Gasteiger partial charge in [-0.15, -0.1) is 6.42 Å². The standard InChI is InChI=1S/C42H38F3N7O6/c1-3-30-33(44)10-7-24-14-29(53)15-31(34(24)30)36-35(45)37-32(18-47-36)38(49-40(48-37)56-22-42-11-5-13-51(42)19-26(43)16-42)50-20-27-8-9-28(21-50)52(27)41(55)58-23(2)57-39(54)25-6-4-12-46-17-25/h1,4,6-7,10,12,14-15,17-18,23,26-28,53H,5,8-9,11,13,16,19-22H2,2H3/t23?,26-,27?,28?,42+/m1/s1. The topological polar surface area (TPSA) is 143 Å². The molecule has 9 rings (SSSR count). The molecule has 58 heavy (non-hydrogen) atoms. The minimum atomic E-state index is -1.17. The van der Waals surface area contributed by atoms with Gasteiger partial charge in [-0.2, -0.15) is 9.97 Å². The highest BCUT2D eigenvalue weighted by atomic mass is 19.1. The number of benzene rings is 2. The number of pyridine rings is 2. The van der Waals surface area contributed by atoms with Crippen molar-refractivity contribution in [3.8, 4) is 35.4 Å². The lowest BCUT2D eigenvalue weighted by atomic mass is 9.95. The molecule has 5 atom stereocenters. The Labute approximate surface area is 330 Å². The molecule has 7 heterocycles. The van der Waals surface area contributed by atoms with Gasteiger partial charge >= 0.3 is 18.1 Å². The van der Waals surface area contributed by atoms with Crippen LogP contribution in [0.5, 0.6) is 11.8 Å². The first-order chi connectivity index (χ1) is 28.0. The van der Waals surface area contributed by atoms with Crippen LogP contribution in [0.1, 0.15) is 54.9 Å². The molecule has 4 saturated heterocycles. The Morgan fingerprint density at radius 1 is 1.09 bits per heavy atom. The molecule has 0 radical (unpaired) electrons. The summed E-state index contributed by atoms with van der Waals surface area (Å²) in [6.45, 7) is 3.18. The van der Waals surface area contributed by atoms with Gasteiger partial charge in [0.15, 0.2) is 5.82 Å². The number of aromatic nitrogens is 4. The second-order valence-electron chi connectivity index (χ2n) is 15.3. The average molecular weight is 794 g/mol. The SMILES string of the molecule is C#Cc1c(F)ccc2cc(O)cc(-c3ncc4c(N5CC6CCC(C5)N6C(=O)OC(C)OC(=O)c5cccnc5)nc(OC[C@@]56CCCN5C[C@H](F)C6)nc4c3F)c12. The number of ether oxygens (including phenoxy) is 3. The third-order valence-corrected chi connectivity index (χ3v) is 11.8. The van der Waals surface area contributed by atoms with Gasteiger partial charge in [0.2, 0.25) is 6.29 Å². The molecule has 2 aromatic carbocycles. The van der Waals surface area contributed by atoms with Gasteiger partial charge in [0, 0.05) is 62.5 Å². The number of esters is 1. The normalized spacial score (nSPS) is 23.2. The number of halogens is 3. The molecular formula is C42H38F3N7O6. The van der Waals surface area contributed by atoms with Gasteiger partial charge in [-0.05, 0) is 67.9 Å². The van der Waals surface area contributed by atoms with E-state index in [-0.39, 0.29) is 82.2 Å². The molecule has 16 heteroatoms. The van der Waals surface area contributed by atoms with E-state index >= 15 is 4.39 Å². The number of hydrogen-bond donors (Lipinski definition) is 1. The van der Waals surface area contributed by atoms with E-state index in [9.17, 15) is 23.5 Å². The van der Waals surface area contributed by atoms with E-state index in [1.165, 1.54) is 49.8 Å². The molecular weight excluding hydrogens is 755 g/mol. The van der Waals surface area contributed by atoms with Crippen LogP contribution in [0.4, 0.5) is 23.8 Å². The van der Waals surface area contributed by atoms with Crippen LogP contribution in [0.3, 0.4) is 0 Å². The molecule has 1 N–H and O–H groups in total. The zero-order valence-electron chi connectivity index (χ0n) is 31.4. The van der Waals surface area contributed by atoms with Gasteiger partial charge in [-0.25, -0.2) is 22.8 Å². The smallest absolute Gasteiger partial charge is 0.413 e. The van der Waals surface area contributed by atoms with E-state index in [2.05, 4.69) is 25.8 Å². The Bertz CT molecular complexity index is 2490. The minimum absolute atomic E-state index is 0.0652. The van der Waals surface area contributed by atoms with Crippen LogP contribution in [-0.2, 0) is 9.47 Å². The molecule has 0 saturated carbocycles. The van der Waals surface area contributed by atoms with Crippen LogP contribution in [0, 0.1) is 24.0 Å². The summed E-state index contributed by atoms with van der Waals surface area (Å²) in [7, 11) is 0. The van der Waals surface area contributed by atoms with Crippen molar-refractivity contribution in [3.63, 3.8) is 0 Å². The van der Waals surface area contributed by atoms with Crippen molar-refractivity contribution in [1.82, 2.24) is 29.7 Å². The van der Waals surface area contributed by atoms with Crippen LogP contribution in [0.25, 0.3) is 32.9 Å². The number of phenolic OH excluding ortho intramolecular Hbond substituents is 1. The number of hydrogen-bond acceptors (Lipinski definition) is 12. The summed E-state index contributed by atoms with van der Waals surface area (Å²) in [5, 5.41) is 11.5. The van der Waals surface area contributed by atoms with E-state index in [1.54, 1.807) is 17.0 Å². The number of terminal acetylenes is 1. The Morgan fingerprint density at radius 3 is 2.66 bits per heavy atom. The fraction of sp³-hybridized carbons (Fsp3) is 0.381. The van der Waals surface area contributed by atoms with Crippen LogP contribution < -0.4 is 9.64 Å². The van der Waals surface area contributed by atoms with Crippen molar-refractivity contribution in [2.75, 3.05) is 37.7 Å². The molecule has 2 bridgehead atoms. The van der Waals surface area contributed by atoms with Crippen molar-refractivity contribution in [2.24, 2.45) is 0 Å². The highest BCUT2D eigenvalue weighted by Gasteiger charge is 2.50. The van der Waals surface area contributed by atoms with Crippen molar-refractivity contribution >= 4 is 39.6 Å². The molecule has 3 unspecified atom stereocenters. The first kappa shape index (κ1) is 37.4. The number of nitrogens with zero attached hydrogens (tertiary/aromatic N) is 7. The van der Waals surface area contributed by atoms with Gasteiger partial charge in [-0.3, -0.25) is 19.8 Å². The lowest BCUT2D eigenvalue weighted by Crippen LogP contribution is -2.56. The number of carbonyl (C=O) groups excluding carboxylic acids is 2. The van der Waals surface area contributed by atoms with Crippen molar-refractivity contribution in [2.45, 2.75) is 69.1 Å². The van der Waals surface area contributed by atoms with Crippen molar-refractivity contribution in [3.05, 3.63) is 77.8 Å². The molecule has 4 aliphatic heterocycles. The van der Waals surface area contributed by atoms with E-state index in [0.717, 1.165) is 19.4 Å². The predicted molar refractivity (Wildman–Crippen MR) is 205 cm³/mol. The van der Waals surface area contributed by atoms with Crippen LogP contribution in [0.15, 0.2) is 55.0 Å². The average Bonchev–Trinajstić information content (AvgIpc) is 3.83. The summed E-state index contributed by atoms with van der Waals surface area (Å²) in [6, 6.07) is 7.64. The number of piperazine rings is 1. The highest BCUT2D eigenvalue weighted by molar-refractivity contribution is 6.03. The number of anilines is 1. The summed E-state index contributed by atoms with van der Waals surface area (Å²) >= 11 is 0. The Kier molecular flexibility index (Phi) is 9.42. The fourth-order valence-electron chi connectivity index (χ4n) is 9.22. The van der Waals surface area contributed by atoms with Gasteiger partial charge in [0.1, 0.15) is 41.4 Å². The van der Waals surface area contributed by atoms with Gasteiger partial charge in [0.05, 0.1) is 34.1 Å². The van der Waals surface area contributed by atoms with Gasteiger partial charge < -0.3 is 24.2 Å². The zero-order chi connectivity index (χ0) is 40.3. The van der Waals surface area contributed by atoms with Crippen LogP contribution >= 0.6 is 0 Å². The summed E-state index contributed by atoms with van der Waals surface area (Å²) in [4.78, 5) is 49.5. The van der Waals surface area contributed by atoms with E-state index in [1.807, 2.05) is 4.90 Å². The molecule has 1 amide bonds. The number of fused-ring (bicyclic) bond motifs is 5. The minimum Gasteiger partial charge on any atom is -0.508 e. The molecule has 5 aromatic rings. The second kappa shape index (κ2) is 14.6. The van der Waals surface area contributed by atoms with Crippen LogP contribution in [-0.4, -0.2) is 110 Å². The van der Waals surface area contributed by atoms with E-state index in [4.69, 9.17) is 25.6 Å². The largest absolute Gasteiger partial charge is 0.508 e. The zero-order valence-corrected chi connectivity index (χ0v) is 31.4. The highest BCUT2D eigenvalue weighted by Crippen LogP contribution is 2.43. The third-order valence-electron chi connectivity index (χ3n) is 11.8. The number of carbonyl (C=O) groups is 2. The predicted octanol–water partition coefficient (Wildman–Crippen LogP) is 6.15. The lowest BCUT2D eigenvalue weighted by molar-refractivity contribution is -0.0729. The Hall–Kier alpha value is -6.21. The number of alkyl halides is 1. The first-order valence-electron chi connectivity index (χ1n) is 19.2. The quantitative estimate of drug-likeness (QED) is 0.109. The monoisotopic (exact) mass is 793 g/mol. The summed E-state index contributed by atoms with van der Waals surface area (Å²) < 4.78 is 63.9. The first-order valence-corrected chi connectivity index (χ1v) is 19.2. The maximum Gasteiger partial charge on any atom is 0.413 e. The maximum absolute atomic E-state index is 17.1. The van der Waals surface area contributed by atoms with E-state index in [0.29, 0.717) is 37.0 Å². The summed E-state index contributed by atoms with van der Waals surface area (Å²) in [5.74, 6) is 0.204. The van der Waals surface area contributed by atoms with Gasteiger partial charge in [-0.1, -0.05) is 12.0 Å². The Balaban J connectivity index is 1.05. The van der Waals surface area contributed by atoms with E-state index < -0.39 is 41.7 Å².